The van der Waals surface area contributed by atoms with Crippen LogP contribution >= 0.6 is 0 Å². The Hall–Kier alpha value is -2.54. The first kappa shape index (κ1) is 18.5. The van der Waals surface area contributed by atoms with Gasteiger partial charge >= 0.3 is 0 Å². The van der Waals surface area contributed by atoms with Crippen molar-refractivity contribution in [3.05, 3.63) is 36.0 Å². The van der Waals surface area contributed by atoms with E-state index in [-0.39, 0.29) is 11.9 Å². The van der Waals surface area contributed by atoms with Crippen LogP contribution in [0.15, 0.2) is 30.5 Å². The van der Waals surface area contributed by atoms with Gasteiger partial charge in [-0.25, -0.2) is 4.68 Å². The molecule has 3 aliphatic rings. The zero-order valence-corrected chi connectivity index (χ0v) is 16.7. The van der Waals surface area contributed by atoms with Gasteiger partial charge in [0.2, 0.25) is 5.91 Å². The highest BCUT2D eigenvalue weighted by Crippen LogP contribution is 2.38. The summed E-state index contributed by atoms with van der Waals surface area (Å²) in [5.74, 6) is 2.46. The summed E-state index contributed by atoms with van der Waals surface area (Å²) >= 11 is 0. The zero-order valence-electron chi connectivity index (χ0n) is 16.7. The predicted molar refractivity (Wildman–Crippen MR) is 109 cm³/mol. The Morgan fingerprint density at radius 1 is 1.07 bits per heavy atom. The number of carbonyl (C=O) groups is 1. The number of anilines is 1. The van der Waals surface area contributed by atoms with E-state index < -0.39 is 0 Å². The second-order valence-electron chi connectivity index (χ2n) is 8.18. The molecule has 1 aromatic heterocycles. The molecule has 0 radical (unpaired) electrons. The number of hydrogen-bond acceptors (Lipinski definition) is 5. The van der Waals surface area contributed by atoms with Crippen molar-refractivity contribution in [3.63, 3.8) is 0 Å². The van der Waals surface area contributed by atoms with Crippen LogP contribution in [0.25, 0.3) is 0 Å². The maximum atomic E-state index is 12.8. The normalized spacial score (nSPS) is 22.1. The number of benzene rings is 1. The van der Waals surface area contributed by atoms with Crippen molar-refractivity contribution in [1.82, 2.24) is 14.7 Å². The van der Waals surface area contributed by atoms with Gasteiger partial charge in [0.1, 0.15) is 19.0 Å². The lowest BCUT2D eigenvalue weighted by Crippen LogP contribution is -2.33. The first-order chi connectivity index (χ1) is 14.3. The molecule has 1 N–H and O–H groups in total. The summed E-state index contributed by atoms with van der Waals surface area (Å²) in [6.45, 7) is 2.49. The molecular weight excluding hydrogens is 368 g/mol. The molecule has 1 amide bonds. The van der Waals surface area contributed by atoms with Crippen LogP contribution < -0.4 is 14.8 Å². The van der Waals surface area contributed by atoms with Crippen molar-refractivity contribution < 1.29 is 14.3 Å². The molecule has 1 aromatic carbocycles. The number of likely N-dealkylation sites (tertiary alicyclic amines) is 1. The van der Waals surface area contributed by atoms with E-state index in [9.17, 15) is 4.79 Å². The molecule has 1 saturated heterocycles. The van der Waals surface area contributed by atoms with Crippen molar-refractivity contribution >= 4 is 11.7 Å². The lowest BCUT2D eigenvalue weighted by molar-refractivity contribution is -0.117. The Bertz CT molecular complexity index is 875. The average Bonchev–Trinajstić information content (AvgIpc) is 3.49. The standard InChI is InChI=1S/C22H28N4O3/c27-22(24-21-9-10-23-26(21)17-4-1-2-5-17)15-25-11-3-6-18(25)16-7-8-19-20(14-16)29-13-12-28-19/h7-10,14,17-18H,1-6,11-13,15H2,(H,24,27)/t18-/m1/s1. The van der Waals surface area contributed by atoms with Gasteiger partial charge in [-0.3, -0.25) is 9.69 Å². The number of amides is 1. The van der Waals surface area contributed by atoms with E-state index in [1.54, 1.807) is 6.20 Å². The molecule has 1 aliphatic carbocycles. The van der Waals surface area contributed by atoms with Crippen LogP contribution in [0.3, 0.4) is 0 Å². The van der Waals surface area contributed by atoms with Crippen molar-refractivity contribution in [2.24, 2.45) is 0 Å². The van der Waals surface area contributed by atoms with Gasteiger partial charge in [-0.15, -0.1) is 0 Å². The quantitative estimate of drug-likeness (QED) is 0.837. The lowest BCUT2D eigenvalue weighted by Gasteiger charge is -2.26. The van der Waals surface area contributed by atoms with E-state index in [2.05, 4.69) is 27.4 Å². The maximum Gasteiger partial charge on any atom is 0.239 e. The van der Waals surface area contributed by atoms with Crippen LogP contribution in [-0.4, -0.2) is 46.9 Å². The number of nitrogens with one attached hydrogen (secondary N) is 1. The number of ether oxygens (including phenoxy) is 2. The van der Waals surface area contributed by atoms with E-state index in [0.29, 0.717) is 25.8 Å². The third-order valence-corrected chi connectivity index (χ3v) is 6.27. The predicted octanol–water partition coefficient (Wildman–Crippen LogP) is 3.55. The molecule has 0 unspecified atom stereocenters. The SMILES string of the molecule is O=C(CN1CCC[C@@H]1c1ccc2c(c1)OCCO2)Nc1ccnn1C1CCCC1. The van der Waals surface area contributed by atoms with Crippen LogP contribution in [0.2, 0.25) is 0 Å². The molecule has 5 rings (SSSR count). The van der Waals surface area contributed by atoms with Gasteiger partial charge in [-0.1, -0.05) is 18.9 Å². The molecule has 154 valence electrons. The fourth-order valence-electron chi connectivity index (χ4n) is 4.88. The summed E-state index contributed by atoms with van der Waals surface area (Å²) in [4.78, 5) is 15.1. The summed E-state index contributed by atoms with van der Waals surface area (Å²) in [6.07, 6.45) is 8.68. The fraction of sp³-hybridized carbons (Fsp3) is 0.545. The Morgan fingerprint density at radius 2 is 1.90 bits per heavy atom. The number of rotatable bonds is 5. The minimum atomic E-state index is 0.0224. The largest absolute Gasteiger partial charge is 0.486 e. The molecule has 7 nitrogen and oxygen atoms in total. The Kier molecular flexibility index (Phi) is 5.14. The minimum absolute atomic E-state index is 0.0224. The lowest BCUT2D eigenvalue weighted by atomic mass is 10.0. The third-order valence-electron chi connectivity index (χ3n) is 6.27. The number of nitrogens with zero attached hydrogens (tertiary/aromatic N) is 3. The highest BCUT2D eigenvalue weighted by atomic mass is 16.6. The Morgan fingerprint density at radius 3 is 2.76 bits per heavy atom. The second kappa shape index (κ2) is 8.06. The number of fused-ring (bicyclic) bond motifs is 1. The minimum Gasteiger partial charge on any atom is -0.486 e. The first-order valence-electron chi connectivity index (χ1n) is 10.7. The summed E-state index contributed by atoms with van der Waals surface area (Å²) in [7, 11) is 0. The molecule has 2 aromatic rings. The van der Waals surface area contributed by atoms with Gasteiger partial charge in [0.15, 0.2) is 11.5 Å². The summed E-state index contributed by atoms with van der Waals surface area (Å²) in [5.41, 5.74) is 1.19. The van der Waals surface area contributed by atoms with E-state index >= 15 is 0 Å². The van der Waals surface area contributed by atoms with Crippen molar-refractivity contribution in [1.29, 1.82) is 0 Å². The van der Waals surface area contributed by atoms with E-state index in [1.807, 2.05) is 16.8 Å². The highest BCUT2D eigenvalue weighted by Gasteiger charge is 2.29. The highest BCUT2D eigenvalue weighted by molar-refractivity contribution is 5.91. The molecule has 2 aliphatic heterocycles. The number of hydrogen-bond donors (Lipinski definition) is 1. The van der Waals surface area contributed by atoms with Crippen LogP contribution in [0, 0.1) is 0 Å². The number of carbonyl (C=O) groups excluding carboxylic acids is 1. The van der Waals surface area contributed by atoms with Gasteiger partial charge in [0.05, 0.1) is 18.8 Å². The van der Waals surface area contributed by atoms with Gasteiger partial charge in [0.25, 0.3) is 0 Å². The molecule has 1 saturated carbocycles. The zero-order chi connectivity index (χ0) is 19.6. The van der Waals surface area contributed by atoms with Gasteiger partial charge < -0.3 is 14.8 Å². The topological polar surface area (TPSA) is 68.6 Å². The summed E-state index contributed by atoms with van der Waals surface area (Å²) in [6, 6.07) is 8.71. The first-order valence-corrected chi connectivity index (χ1v) is 10.7. The Balaban J connectivity index is 1.25. The summed E-state index contributed by atoms with van der Waals surface area (Å²) < 4.78 is 13.4. The molecule has 29 heavy (non-hydrogen) atoms. The monoisotopic (exact) mass is 396 g/mol. The van der Waals surface area contributed by atoms with Crippen LogP contribution in [0.4, 0.5) is 5.82 Å². The average molecular weight is 396 g/mol. The molecule has 7 heteroatoms. The molecule has 0 bridgehead atoms. The van der Waals surface area contributed by atoms with Crippen molar-refractivity contribution in [2.75, 3.05) is 31.6 Å². The van der Waals surface area contributed by atoms with E-state index in [0.717, 1.165) is 49.5 Å². The maximum absolute atomic E-state index is 12.8. The molecule has 0 spiro atoms. The van der Waals surface area contributed by atoms with Crippen LogP contribution in [-0.2, 0) is 4.79 Å². The Labute approximate surface area is 171 Å². The van der Waals surface area contributed by atoms with Crippen molar-refractivity contribution in [3.8, 4) is 11.5 Å². The van der Waals surface area contributed by atoms with Crippen molar-refractivity contribution in [2.45, 2.75) is 50.6 Å². The molecule has 2 fully saturated rings. The van der Waals surface area contributed by atoms with Crippen LogP contribution in [0.5, 0.6) is 11.5 Å². The van der Waals surface area contributed by atoms with Crippen LogP contribution in [0.1, 0.15) is 56.2 Å². The summed E-state index contributed by atoms with van der Waals surface area (Å²) in [5, 5.41) is 7.54. The molecule has 3 heterocycles. The third kappa shape index (κ3) is 3.83. The fourth-order valence-corrected chi connectivity index (χ4v) is 4.88. The van der Waals surface area contributed by atoms with Gasteiger partial charge in [-0.05, 0) is 49.9 Å². The van der Waals surface area contributed by atoms with E-state index in [4.69, 9.17) is 9.47 Å². The molecular formula is C22H28N4O3. The number of aromatic nitrogens is 2. The van der Waals surface area contributed by atoms with Gasteiger partial charge in [-0.2, -0.15) is 5.10 Å². The van der Waals surface area contributed by atoms with E-state index in [1.165, 1.54) is 18.4 Å². The molecule has 1 atom stereocenters. The smallest absolute Gasteiger partial charge is 0.239 e. The van der Waals surface area contributed by atoms with Gasteiger partial charge in [0, 0.05) is 12.1 Å². The second-order valence-corrected chi connectivity index (χ2v) is 8.18.